The second-order valence-electron chi connectivity index (χ2n) is 5.18. The van der Waals surface area contributed by atoms with Crippen LogP contribution in [0.15, 0.2) is 28.8 Å². The lowest BCUT2D eigenvalue weighted by atomic mass is 10.0. The highest BCUT2D eigenvalue weighted by molar-refractivity contribution is 5.82. The van der Waals surface area contributed by atoms with E-state index in [4.69, 9.17) is 4.52 Å². The predicted octanol–water partition coefficient (Wildman–Crippen LogP) is 2.21. The summed E-state index contributed by atoms with van der Waals surface area (Å²) in [6.45, 7) is 2.93. The van der Waals surface area contributed by atoms with Gasteiger partial charge in [-0.1, -0.05) is 30.3 Å². The number of carboxylic acid groups (broad SMARTS) is 1. The Bertz CT molecular complexity index is 653. The molecule has 1 atom stereocenters. The first-order valence-electron chi connectivity index (χ1n) is 7.07. The number of nitrogens with zero attached hydrogens (tertiary/aromatic N) is 3. The molecule has 6 nitrogen and oxygen atoms in total. The van der Waals surface area contributed by atoms with Gasteiger partial charge in [-0.2, -0.15) is 4.98 Å². The van der Waals surface area contributed by atoms with Crippen LogP contribution < -0.4 is 4.90 Å². The van der Waals surface area contributed by atoms with Gasteiger partial charge in [0.15, 0.2) is 5.82 Å². The van der Waals surface area contributed by atoms with Crippen molar-refractivity contribution in [2.75, 3.05) is 11.4 Å². The highest BCUT2D eigenvalue weighted by atomic mass is 16.5. The summed E-state index contributed by atoms with van der Waals surface area (Å²) < 4.78 is 5.24. The van der Waals surface area contributed by atoms with Gasteiger partial charge in [-0.3, -0.25) is 4.79 Å². The monoisotopic (exact) mass is 287 g/mol. The van der Waals surface area contributed by atoms with Crippen LogP contribution in [0.1, 0.15) is 36.5 Å². The predicted molar refractivity (Wildman–Crippen MR) is 76.2 cm³/mol. The molecule has 2 heterocycles. The van der Waals surface area contributed by atoms with Crippen LogP contribution in [0.2, 0.25) is 0 Å². The van der Waals surface area contributed by atoms with E-state index in [1.165, 1.54) is 0 Å². The average Bonchev–Trinajstić information content (AvgIpc) is 3.05. The molecular weight excluding hydrogens is 270 g/mol. The summed E-state index contributed by atoms with van der Waals surface area (Å²) in [4.78, 5) is 17.7. The number of fused-ring (bicyclic) bond motifs is 1. The Balaban J connectivity index is 1.81. The average molecular weight is 287 g/mol. The molecule has 1 N–H and O–H groups in total. The van der Waals surface area contributed by atoms with Crippen LogP contribution in [-0.2, 0) is 17.8 Å². The molecule has 1 aromatic carbocycles. The number of rotatable bonds is 5. The normalized spacial score (nSPS) is 17.0. The fourth-order valence-electron chi connectivity index (χ4n) is 2.69. The summed E-state index contributed by atoms with van der Waals surface area (Å²) in [7, 11) is 0. The third-order valence-corrected chi connectivity index (χ3v) is 3.66. The molecule has 0 amide bonds. The molecule has 0 saturated carbocycles. The number of aryl methyl sites for hydroxylation is 1. The van der Waals surface area contributed by atoms with Gasteiger partial charge in [-0.05, 0) is 18.1 Å². The highest BCUT2D eigenvalue weighted by Gasteiger charge is 2.33. The van der Waals surface area contributed by atoms with Crippen molar-refractivity contribution in [1.29, 1.82) is 0 Å². The standard InChI is InChI=1S/C15H17N3O3/c1-2-5-13-16-14(21-17-13)9-18-8-11(15(19)20)10-6-3-4-7-12(10)18/h3-4,6-7,11H,2,5,8-9H2,1H3,(H,19,20). The quantitative estimate of drug-likeness (QED) is 0.908. The molecule has 0 aliphatic carbocycles. The van der Waals surface area contributed by atoms with Crippen LogP contribution in [0.5, 0.6) is 0 Å². The van der Waals surface area contributed by atoms with Crippen molar-refractivity contribution in [3.63, 3.8) is 0 Å². The summed E-state index contributed by atoms with van der Waals surface area (Å²) >= 11 is 0. The van der Waals surface area contributed by atoms with E-state index in [2.05, 4.69) is 17.1 Å². The van der Waals surface area contributed by atoms with Gasteiger partial charge in [0, 0.05) is 18.7 Å². The van der Waals surface area contributed by atoms with E-state index in [1.54, 1.807) is 0 Å². The third-order valence-electron chi connectivity index (χ3n) is 3.66. The summed E-state index contributed by atoms with van der Waals surface area (Å²) in [5.74, 6) is -0.0737. The first-order valence-corrected chi connectivity index (χ1v) is 7.07. The number of anilines is 1. The van der Waals surface area contributed by atoms with Crippen molar-refractivity contribution in [1.82, 2.24) is 10.1 Å². The molecule has 0 bridgehead atoms. The Morgan fingerprint density at radius 2 is 2.29 bits per heavy atom. The first-order chi connectivity index (χ1) is 10.2. The largest absolute Gasteiger partial charge is 0.481 e. The van der Waals surface area contributed by atoms with Gasteiger partial charge >= 0.3 is 5.97 Å². The van der Waals surface area contributed by atoms with Crippen LogP contribution in [0, 0.1) is 0 Å². The van der Waals surface area contributed by atoms with Gasteiger partial charge in [-0.25, -0.2) is 0 Å². The van der Waals surface area contributed by atoms with Gasteiger partial charge in [-0.15, -0.1) is 0 Å². The van der Waals surface area contributed by atoms with Gasteiger partial charge < -0.3 is 14.5 Å². The summed E-state index contributed by atoms with van der Waals surface area (Å²) in [5, 5.41) is 13.3. The lowest BCUT2D eigenvalue weighted by Crippen LogP contribution is -2.24. The van der Waals surface area contributed by atoms with Crippen molar-refractivity contribution >= 4 is 11.7 Å². The topological polar surface area (TPSA) is 79.5 Å². The van der Waals surface area contributed by atoms with E-state index in [0.29, 0.717) is 24.8 Å². The molecule has 6 heteroatoms. The van der Waals surface area contributed by atoms with Crippen molar-refractivity contribution in [3.05, 3.63) is 41.5 Å². The van der Waals surface area contributed by atoms with Crippen molar-refractivity contribution in [2.45, 2.75) is 32.2 Å². The smallest absolute Gasteiger partial charge is 0.312 e. The van der Waals surface area contributed by atoms with Crippen molar-refractivity contribution in [2.24, 2.45) is 0 Å². The number of aliphatic carboxylic acids is 1. The van der Waals surface area contributed by atoms with Gasteiger partial charge in [0.05, 0.1) is 6.54 Å². The highest BCUT2D eigenvalue weighted by Crippen LogP contribution is 2.36. The maximum atomic E-state index is 11.4. The number of para-hydroxylation sites is 1. The number of carbonyl (C=O) groups is 1. The molecule has 0 fully saturated rings. The van der Waals surface area contributed by atoms with Crippen LogP contribution >= 0.6 is 0 Å². The molecule has 21 heavy (non-hydrogen) atoms. The SMILES string of the molecule is CCCc1noc(CN2CC(C(=O)O)c3ccccc32)n1. The molecule has 1 unspecified atom stereocenters. The Labute approximate surface area is 122 Å². The number of benzene rings is 1. The molecule has 0 spiro atoms. The molecule has 2 aromatic rings. The molecule has 110 valence electrons. The fourth-order valence-corrected chi connectivity index (χ4v) is 2.69. The second-order valence-corrected chi connectivity index (χ2v) is 5.18. The maximum Gasteiger partial charge on any atom is 0.312 e. The minimum atomic E-state index is -0.804. The molecular formula is C15H17N3O3. The van der Waals surface area contributed by atoms with Gasteiger partial charge in [0.2, 0.25) is 5.89 Å². The van der Waals surface area contributed by atoms with Crippen LogP contribution in [0.4, 0.5) is 5.69 Å². The van der Waals surface area contributed by atoms with Crippen LogP contribution in [-0.4, -0.2) is 27.8 Å². The van der Waals surface area contributed by atoms with E-state index < -0.39 is 11.9 Å². The minimum absolute atomic E-state index is 0.431. The number of hydrogen-bond acceptors (Lipinski definition) is 5. The van der Waals surface area contributed by atoms with E-state index in [-0.39, 0.29) is 0 Å². The van der Waals surface area contributed by atoms with E-state index in [1.807, 2.05) is 29.2 Å². The summed E-state index contributed by atoms with van der Waals surface area (Å²) in [6.07, 6.45) is 1.75. The Morgan fingerprint density at radius 1 is 1.48 bits per heavy atom. The summed E-state index contributed by atoms with van der Waals surface area (Å²) in [5.41, 5.74) is 1.78. The molecule has 1 aliphatic heterocycles. The fraction of sp³-hybridized carbons (Fsp3) is 0.400. The third kappa shape index (κ3) is 2.61. The lowest BCUT2D eigenvalue weighted by Gasteiger charge is -2.16. The summed E-state index contributed by atoms with van der Waals surface area (Å²) in [6, 6.07) is 7.57. The van der Waals surface area contributed by atoms with Crippen molar-refractivity contribution in [3.8, 4) is 0 Å². The van der Waals surface area contributed by atoms with Crippen LogP contribution in [0.25, 0.3) is 0 Å². The van der Waals surface area contributed by atoms with Gasteiger partial charge in [0.1, 0.15) is 5.92 Å². The van der Waals surface area contributed by atoms with E-state index in [9.17, 15) is 9.90 Å². The lowest BCUT2D eigenvalue weighted by molar-refractivity contribution is -0.138. The zero-order chi connectivity index (χ0) is 14.8. The molecule has 0 radical (unpaired) electrons. The number of carboxylic acids is 1. The maximum absolute atomic E-state index is 11.4. The van der Waals surface area contributed by atoms with E-state index >= 15 is 0 Å². The van der Waals surface area contributed by atoms with Crippen LogP contribution in [0.3, 0.4) is 0 Å². The zero-order valence-corrected chi connectivity index (χ0v) is 11.8. The number of aromatic nitrogens is 2. The zero-order valence-electron chi connectivity index (χ0n) is 11.8. The molecule has 1 aliphatic rings. The Hall–Kier alpha value is -2.37. The minimum Gasteiger partial charge on any atom is -0.481 e. The Kier molecular flexibility index (Phi) is 3.60. The van der Waals surface area contributed by atoms with Gasteiger partial charge in [0.25, 0.3) is 0 Å². The molecule has 1 aromatic heterocycles. The first kappa shape index (κ1) is 13.6. The number of hydrogen-bond donors (Lipinski definition) is 1. The molecule has 3 rings (SSSR count). The van der Waals surface area contributed by atoms with E-state index in [0.717, 1.165) is 24.1 Å². The molecule has 0 saturated heterocycles. The second kappa shape index (κ2) is 5.55. The van der Waals surface area contributed by atoms with Crippen molar-refractivity contribution < 1.29 is 14.4 Å². The Morgan fingerprint density at radius 3 is 3.05 bits per heavy atom.